The minimum atomic E-state index is -3.39. The Hall–Kier alpha value is -0.480. The zero-order chi connectivity index (χ0) is 18.5. The monoisotopic (exact) mass is 358 g/mol. The molecule has 0 aromatic heterocycles. The molecular weight excluding hydrogens is 336 g/mol. The lowest BCUT2D eigenvalue weighted by Crippen LogP contribution is -2.81. The van der Waals surface area contributed by atoms with Crippen LogP contribution in [0.3, 0.4) is 0 Å². The number of hydrogen-bond donors (Lipinski definition) is 10. The van der Waals surface area contributed by atoms with Crippen LogP contribution in [0.15, 0.2) is 0 Å². The molecule has 2 saturated heterocycles. The minimum Gasteiger partial charge on any atom is -0.394 e. The van der Waals surface area contributed by atoms with Crippen molar-refractivity contribution in [2.75, 3.05) is 19.8 Å². The fraction of sp³-hybridized carbons (Fsp3) is 1.00. The van der Waals surface area contributed by atoms with Crippen LogP contribution in [0.1, 0.15) is 0 Å². The molecule has 0 bridgehead atoms. The van der Waals surface area contributed by atoms with Crippen molar-refractivity contribution in [3.63, 3.8) is 0 Å². The summed E-state index contributed by atoms with van der Waals surface area (Å²) < 4.78 is 9.64. The standard InChI is InChI=1S/C12H22O12/c13-1-4-6(16)7(17)9(19)12(22,24-4)11(21)8(18)5(2-14)23-10(11,20)3-15/h4-9,13-22H,1-3H2/t4-,5+,6-,7+,8-,9-,10?,11-,12+/m1/s1. The van der Waals surface area contributed by atoms with Gasteiger partial charge in [0, 0.05) is 0 Å². The lowest BCUT2D eigenvalue weighted by molar-refractivity contribution is -0.443. The Morgan fingerprint density at radius 3 is 1.71 bits per heavy atom. The van der Waals surface area contributed by atoms with E-state index in [1.165, 1.54) is 0 Å². The molecule has 0 radical (unpaired) electrons. The molecule has 0 amide bonds. The van der Waals surface area contributed by atoms with E-state index in [9.17, 15) is 40.9 Å². The average molecular weight is 358 g/mol. The lowest BCUT2D eigenvalue weighted by Gasteiger charge is -2.54. The van der Waals surface area contributed by atoms with E-state index >= 15 is 0 Å². The van der Waals surface area contributed by atoms with Crippen molar-refractivity contribution >= 4 is 0 Å². The molecule has 0 spiro atoms. The molecule has 2 rings (SSSR count). The predicted molar refractivity (Wildman–Crippen MR) is 69.9 cm³/mol. The number of aliphatic hydroxyl groups excluding tert-OH is 7. The summed E-state index contributed by atoms with van der Waals surface area (Å²) >= 11 is 0. The van der Waals surface area contributed by atoms with Crippen molar-refractivity contribution in [1.29, 1.82) is 0 Å². The maximum Gasteiger partial charge on any atom is 0.233 e. The van der Waals surface area contributed by atoms with Crippen molar-refractivity contribution in [2.24, 2.45) is 0 Å². The van der Waals surface area contributed by atoms with Crippen molar-refractivity contribution in [3.05, 3.63) is 0 Å². The second-order valence-corrected chi connectivity index (χ2v) is 5.95. The normalized spacial score (nSPS) is 55.8. The Balaban J connectivity index is 2.55. The smallest absolute Gasteiger partial charge is 0.233 e. The number of aliphatic hydroxyl groups is 10. The average Bonchev–Trinajstić information content (AvgIpc) is 2.78. The number of rotatable bonds is 4. The first-order valence-electron chi connectivity index (χ1n) is 7.11. The zero-order valence-corrected chi connectivity index (χ0v) is 12.4. The van der Waals surface area contributed by atoms with Crippen LogP contribution in [-0.2, 0) is 9.47 Å². The summed E-state index contributed by atoms with van der Waals surface area (Å²) in [5.74, 6) is -6.50. The van der Waals surface area contributed by atoms with Crippen molar-refractivity contribution < 1.29 is 60.5 Å². The van der Waals surface area contributed by atoms with Crippen molar-refractivity contribution in [1.82, 2.24) is 0 Å². The van der Waals surface area contributed by atoms with E-state index in [-0.39, 0.29) is 0 Å². The van der Waals surface area contributed by atoms with Gasteiger partial charge in [0.2, 0.25) is 17.2 Å². The molecule has 0 saturated carbocycles. The highest BCUT2D eigenvalue weighted by Crippen LogP contribution is 2.49. The molecule has 0 aliphatic carbocycles. The molecular formula is C12H22O12. The second kappa shape index (κ2) is 6.35. The summed E-state index contributed by atoms with van der Waals surface area (Å²) in [6.07, 6.45) is -12.2. The van der Waals surface area contributed by atoms with Gasteiger partial charge in [-0.3, -0.25) is 0 Å². The first-order valence-corrected chi connectivity index (χ1v) is 7.11. The molecule has 2 aliphatic rings. The van der Waals surface area contributed by atoms with Gasteiger partial charge < -0.3 is 60.5 Å². The van der Waals surface area contributed by atoms with Crippen molar-refractivity contribution in [2.45, 2.75) is 53.8 Å². The van der Waals surface area contributed by atoms with Gasteiger partial charge in [0.1, 0.15) is 43.2 Å². The molecule has 2 heterocycles. The van der Waals surface area contributed by atoms with E-state index in [1.807, 2.05) is 0 Å². The molecule has 142 valence electrons. The molecule has 2 fully saturated rings. The first-order chi connectivity index (χ1) is 11.0. The Morgan fingerprint density at radius 1 is 0.708 bits per heavy atom. The van der Waals surface area contributed by atoms with Crippen LogP contribution < -0.4 is 0 Å². The van der Waals surface area contributed by atoms with Crippen LogP contribution in [0.5, 0.6) is 0 Å². The van der Waals surface area contributed by atoms with Crippen LogP contribution in [-0.4, -0.2) is 125 Å². The zero-order valence-electron chi connectivity index (χ0n) is 12.4. The highest BCUT2D eigenvalue weighted by molar-refractivity contribution is 5.19. The summed E-state index contributed by atoms with van der Waals surface area (Å²) in [5.41, 5.74) is -3.36. The van der Waals surface area contributed by atoms with Gasteiger partial charge in [-0.05, 0) is 0 Å². The quantitative estimate of drug-likeness (QED) is 0.226. The molecule has 10 N–H and O–H groups in total. The Bertz CT molecular complexity index is 461. The molecule has 2 aliphatic heterocycles. The van der Waals surface area contributed by atoms with Crippen LogP contribution >= 0.6 is 0 Å². The van der Waals surface area contributed by atoms with Crippen molar-refractivity contribution in [3.8, 4) is 0 Å². The third-order valence-electron chi connectivity index (χ3n) is 4.63. The maximum absolute atomic E-state index is 10.7. The van der Waals surface area contributed by atoms with E-state index in [0.717, 1.165) is 0 Å². The highest BCUT2D eigenvalue weighted by Gasteiger charge is 2.78. The summed E-state index contributed by atoms with van der Waals surface area (Å²) in [6, 6.07) is 0. The van der Waals surface area contributed by atoms with E-state index < -0.39 is 73.6 Å². The summed E-state index contributed by atoms with van der Waals surface area (Å²) in [4.78, 5) is 0. The lowest BCUT2D eigenvalue weighted by atomic mass is 9.74. The molecule has 0 aromatic carbocycles. The van der Waals surface area contributed by atoms with Crippen LogP contribution in [0.4, 0.5) is 0 Å². The summed E-state index contributed by atoms with van der Waals surface area (Å²) in [5, 5.41) is 99.0. The summed E-state index contributed by atoms with van der Waals surface area (Å²) in [6.45, 7) is -3.33. The largest absolute Gasteiger partial charge is 0.394 e. The van der Waals surface area contributed by atoms with Gasteiger partial charge in [-0.1, -0.05) is 0 Å². The molecule has 0 aromatic rings. The van der Waals surface area contributed by atoms with E-state index in [4.69, 9.17) is 19.7 Å². The Kier molecular flexibility index (Phi) is 5.25. The van der Waals surface area contributed by atoms with Gasteiger partial charge in [-0.25, -0.2) is 0 Å². The van der Waals surface area contributed by atoms with E-state index in [2.05, 4.69) is 0 Å². The Labute approximate surface area is 135 Å². The Morgan fingerprint density at radius 2 is 1.25 bits per heavy atom. The predicted octanol–water partition coefficient (Wildman–Crippen LogP) is -6.69. The van der Waals surface area contributed by atoms with Gasteiger partial charge in [0.05, 0.1) is 13.2 Å². The summed E-state index contributed by atoms with van der Waals surface area (Å²) in [7, 11) is 0. The maximum atomic E-state index is 10.7. The van der Waals surface area contributed by atoms with Crippen LogP contribution in [0.25, 0.3) is 0 Å². The van der Waals surface area contributed by atoms with Gasteiger partial charge in [-0.15, -0.1) is 0 Å². The van der Waals surface area contributed by atoms with Crippen LogP contribution in [0, 0.1) is 0 Å². The minimum absolute atomic E-state index is 0.952. The number of ether oxygens (including phenoxy) is 2. The second-order valence-electron chi connectivity index (χ2n) is 5.95. The SMILES string of the molecule is OC[C@@H]1OC(O)(CO)[C@@](O)([C@@]2(O)O[C@H](CO)[C@@H](O)[C@H](O)[C@H]2O)[C@@H]1O. The van der Waals surface area contributed by atoms with Crippen LogP contribution in [0.2, 0.25) is 0 Å². The third-order valence-corrected chi connectivity index (χ3v) is 4.63. The molecule has 9 atom stereocenters. The molecule has 24 heavy (non-hydrogen) atoms. The van der Waals surface area contributed by atoms with Gasteiger partial charge in [0.15, 0.2) is 0 Å². The molecule has 12 heteroatoms. The van der Waals surface area contributed by atoms with Gasteiger partial charge in [-0.2, -0.15) is 0 Å². The van der Waals surface area contributed by atoms with E-state index in [0.29, 0.717) is 0 Å². The topological polar surface area (TPSA) is 221 Å². The van der Waals surface area contributed by atoms with E-state index in [1.54, 1.807) is 0 Å². The molecule has 12 nitrogen and oxygen atoms in total. The first kappa shape index (κ1) is 19.8. The van der Waals surface area contributed by atoms with Gasteiger partial charge >= 0.3 is 0 Å². The number of hydrogen-bond acceptors (Lipinski definition) is 12. The molecule has 1 unspecified atom stereocenters. The fourth-order valence-corrected chi connectivity index (χ4v) is 3.16. The fourth-order valence-electron chi connectivity index (χ4n) is 3.16. The third kappa shape index (κ3) is 2.32. The van der Waals surface area contributed by atoms with Gasteiger partial charge in [0.25, 0.3) is 0 Å². The highest BCUT2D eigenvalue weighted by atomic mass is 16.7.